The molecule has 0 bridgehead atoms. The number of hydrogen-bond acceptors (Lipinski definition) is 1. The first-order valence-electron chi connectivity index (χ1n) is 11.3. The van der Waals surface area contributed by atoms with Gasteiger partial charge in [-0.2, -0.15) is 0 Å². The molecule has 1 rings (SSSR count). The predicted octanol–water partition coefficient (Wildman–Crippen LogP) is 2.68. The highest BCUT2D eigenvalue weighted by molar-refractivity contribution is 5.75. The van der Waals surface area contributed by atoms with Gasteiger partial charge >= 0.3 is 0 Å². The Balaban J connectivity index is 0. The number of amides is 1. The number of carbonyl (C=O) groups excluding carboxylic acids is 1. The number of halogens is 1. The molecule has 26 heavy (non-hydrogen) atoms. The second kappa shape index (κ2) is 19.7. The molecule has 1 amide bonds. The van der Waals surface area contributed by atoms with E-state index in [-0.39, 0.29) is 22.9 Å². The summed E-state index contributed by atoms with van der Waals surface area (Å²) in [6, 6.07) is 0. The Kier molecular flexibility index (Phi) is 21.3. The van der Waals surface area contributed by atoms with E-state index in [1.54, 1.807) is 0 Å². The maximum Gasteiger partial charge on any atom is 0.219 e. The number of nitrogens with one attached hydrogen (secondary N) is 1. The summed E-state index contributed by atoms with van der Waals surface area (Å²) in [5.41, 5.74) is 0. The lowest BCUT2D eigenvalue weighted by Gasteiger charge is -2.39. The molecule has 158 valence electrons. The van der Waals surface area contributed by atoms with Crippen LogP contribution in [0.5, 0.6) is 0 Å². The maximum atomic E-state index is 10.6. The van der Waals surface area contributed by atoms with Crippen LogP contribution in [0.15, 0.2) is 0 Å². The Labute approximate surface area is 175 Å². The Bertz CT molecular complexity index is 263. The topological polar surface area (TPSA) is 29.1 Å². The third-order valence-corrected chi connectivity index (χ3v) is 5.35. The van der Waals surface area contributed by atoms with E-state index in [0.717, 1.165) is 25.8 Å². The smallest absolute Gasteiger partial charge is 0.219 e. The molecule has 1 heterocycles. The van der Waals surface area contributed by atoms with Crippen molar-refractivity contribution in [3.8, 4) is 0 Å². The monoisotopic (exact) mass is 434 g/mol. The highest BCUT2D eigenvalue weighted by atomic mass is 79.9. The molecule has 0 aliphatic carbocycles. The first-order chi connectivity index (χ1) is 12.1. The third kappa shape index (κ3) is 15.0. The second-order valence-corrected chi connectivity index (χ2v) is 7.81. The molecule has 4 heteroatoms. The molecule has 1 saturated heterocycles. The van der Waals surface area contributed by atoms with E-state index in [1.807, 2.05) is 0 Å². The highest BCUT2D eigenvalue weighted by Crippen LogP contribution is 2.16. The maximum absolute atomic E-state index is 10.6. The van der Waals surface area contributed by atoms with Crippen LogP contribution in [0.2, 0.25) is 0 Å². The molecule has 1 aliphatic heterocycles. The van der Waals surface area contributed by atoms with Crippen molar-refractivity contribution in [3.05, 3.63) is 0 Å². The Morgan fingerprint density at radius 3 is 1.54 bits per heavy atom. The van der Waals surface area contributed by atoms with Crippen LogP contribution < -0.4 is 22.3 Å². The summed E-state index contributed by atoms with van der Waals surface area (Å²) in [4.78, 5) is 10.6. The van der Waals surface area contributed by atoms with Crippen molar-refractivity contribution < 1.29 is 26.3 Å². The average molecular weight is 436 g/mol. The van der Waals surface area contributed by atoms with Gasteiger partial charge in [0, 0.05) is 13.0 Å². The first-order valence-corrected chi connectivity index (χ1v) is 11.3. The van der Waals surface area contributed by atoms with Gasteiger partial charge in [0.2, 0.25) is 5.91 Å². The number of carbonyl (C=O) groups is 1. The summed E-state index contributed by atoms with van der Waals surface area (Å²) >= 11 is 0. The largest absolute Gasteiger partial charge is 1.00 e. The van der Waals surface area contributed by atoms with Gasteiger partial charge in [0.1, 0.15) is 0 Å². The number of unbranched alkanes of at least 4 members (excludes halogenated alkanes) is 4. The Hall–Kier alpha value is -0.0900. The standard InChI is InChI=1S/C16H36N.C6H11NO.BrH/c1-5-9-13-17(14-10-6-2,15-11-7-3)16-12-8-4;8-6-4-2-1-3-5-7-6;/h5-16H2,1-4H3;1-5H2,(H,7,8);1H/q+1;;/p-1. The van der Waals surface area contributed by atoms with Gasteiger partial charge in [0.05, 0.1) is 26.2 Å². The van der Waals surface area contributed by atoms with Crippen molar-refractivity contribution in [2.45, 2.75) is 105 Å². The third-order valence-electron chi connectivity index (χ3n) is 5.35. The lowest BCUT2D eigenvalue weighted by Crippen LogP contribution is -3.00. The molecule has 1 fully saturated rings. The van der Waals surface area contributed by atoms with Gasteiger partial charge in [0.25, 0.3) is 0 Å². The summed E-state index contributed by atoms with van der Waals surface area (Å²) in [6.45, 7) is 15.9. The molecule has 0 aromatic heterocycles. The van der Waals surface area contributed by atoms with Crippen molar-refractivity contribution in [1.82, 2.24) is 5.32 Å². The normalized spacial score (nSPS) is 14.5. The fourth-order valence-corrected chi connectivity index (χ4v) is 3.55. The van der Waals surface area contributed by atoms with Crippen LogP contribution in [0.3, 0.4) is 0 Å². The van der Waals surface area contributed by atoms with Crippen molar-refractivity contribution in [1.29, 1.82) is 0 Å². The summed E-state index contributed by atoms with van der Waals surface area (Å²) in [6.07, 6.45) is 15.2. The van der Waals surface area contributed by atoms with Crippen molar-refractivity contribution in [3.63, 3.8) is 0 Å². The summed E-state index contributed by atoms with van der Waals surface area (Å²) in [5.74, 6) is 0.225. The zero-order chi connectivity index (χ0) is 18.8. The van der Waals surface area contributed by atoms with Gasteiger partial charge in [-0.25, -0.2) is 0 Å². The lowest BCUT2D eigenvalue weighted by molar-refractivity contribution is -0.929. The second-order valence-electron chi connectivity index (χ2n) is 7.81. The van der Waals surface area contributed by atoms with Crippen molar-refractivity contribution in [2.75, 3.05) is 32.7 Å². The van der Waals surface area contributed by atoms with Crippen LogP contribution in [0.1, 0.15) is 105 Å². The molecule has 0 atom stereocenters. The molecule has 0 aromatic rings. The van der Waals surface area contributed by atoms with E-state index < -0.39 is 0 Å². The zero-order valence-corrected chi connectivity index (χ0v) is 19.8. The number of quaternary nitrogens is 1. The molecule has 1 aliphatic rings. The number of nitrogens with zero attached hydrogens (tertiary/aromatic N) is 1. The summed E-state index contributed by atoms with van der Waals surface area (Å²) in [5, 5.41) is 2.81. The van der Waals surface area contributed by atoms with Gasteiger partial charge in [0.15, 0.2) is 0 Å². The molecule has 0 aromatic carbocycles. The molecule has 0 unspecified atom stereocenters. The minimum Gasteiger partial charge on any atom is -1.00 e. The van der Waals surface area contributed by atoms with Gasteiger partial charge in [-0.1, -0.05) is 59.8 Å². The van der Waals surface area contributed by atoms with Gasteiger partial charge in [-0.3, -0.25) is 4.79 Å². The predicted molar refractivity (Wildman–Crippen MR) is 111 cm³/mol. The molecular weight excluding hydrogens is 388 g/mol. The Morgan fingerprint density at radius 1 is 0.731 bits per heavy atom. The summed E-state index contributed by atoms with van der Waals surface area (Å²) < 4.78 is 1.42. The van der Waals surface area contributed by atoms with Crippen molar-refractivity contribution >= 4 is 5.91 Å². The molecule has 3 nitrogen and oxygen atoms in total. The van der Waals surface area contributed by atoms with E-state index in [2.05, 4.69) is 33.0 Å². The minimum atomic E-state index is 0. The lowest BCUT2D eigenvalue weighted by atomic mass is 10.1. The molecule has 0 radical (unpaired) electrons. The molecular formula is C22H47BrN2O. The number of rotatable bonds is 12. The van der Waals surface area contributed by atoms with Crippen molar-refractivity contribution in [2.24, 2.45) is 0 Å². The van der Waals surface area contributed by atoms with Gasteiger partial charge in [-0.15, -0.1) is 0 Å². The fraction of sp³-hybridized carbons (Fsp3) is 0.955. The van der Waals surface area contributed by atoms with Crippen LogP contribution in [0.25, 0.3) is 0 Å². The average Bonchev–Trinajstić information content (AvgIpc) is 2.88. The highest BCUT2D eigenvalue weighted by Gasteiger charge is 2.24. The van der Waals surface area contributed by atoms with E-state index in [0.29, 0.717) is 0 Å². The van der Waals surface area contributed by atoms with E-state index >= 15 is 0 Å². The van der Waals surface area contributed by atoms with Crippen LogP contribution in [-0.4, -0.2) is 43.1 Å². The molecule has 0 spiro atoms. The molecule has 1 N–H and O–H groups in total. The van der Waals surface area contributed by atoms with Crippen LogP contribution in [0, 0.1) is 0 Å². The van der Waals surface area contributed by atoms with Crippen LogP contribution >= 0.6 is 0 Å². The van der Waals surface area contributed by atoms with Gasteiger partial charge < -0.3 is 26.8 Å². The fourth-order valence-electron chi connectivity index (χ4n) is 3.55. The SMILES string of the molecule is CCCC[N+](CCCC)(CCCC)CCCC.O=C1CCCCCN1.[Br-]. The van der Waals surface area contributed by atoms with Crippen LogP contribution in [-0.2, 0) is 4.79 Å². The zero-order valence-electron chi connectivity index (χ0n) is 18.3. The van der Waals surface area contributed by atoms with E-state index in [4.69, 9.17) is 0 Å². The quantitative estimate of drug-likeness (QED) is 0.470. The van der Waals surface area contributed by atoms with Gasteiger partial charge in [-0.05, 0) is 38.5 Å². The molecule has 0 saturated carbocycles. The first kappa shape index (κ1) is 28.1. The summed E-state index contributed by atoms with van der Waals surface area (Å²) in [7, 11) is 0. The minimum absolute atomic E-state index is 0. The van der Waals surface area contributed by atoms with E-state index in [9.17, 15) is 4.79 Å². The van der Waals surface area contributed by atoms with Crippen LogP contribution in [0.4, 0.5) is 0 Å². The number of hydrogen-bond donors (Lipinski definition) is 1. The Morgan fingerprint density at radius 2 is 1.15 bits per heavy atom. The van der Waals surface area contributed by atoms with E-state index in [1.165, 1.54) is 88.4 Å².